The highest BCUT2D eigenvalue weighted by atomic mass is 16.7. The highest BCUT2D eigenvalue weighted by Gasteiger charge is 2.28. The zero-order valence-electron chi connectivity index (χ0n) is 20.4. The Kier molecular flexibility index (Phi) is 10.4. The number of rotatable bonds is 13. The molecule has 12 nitrogen and oxygen atoms in total. The van der Waals surface area contributed by atoms with Gasteiger partial charge < -0.3 is 30.0 Å². The number of methoxy groups -OCH3 is 1. The molecule has 0 radical (unpaired) electrons. The van der Waals surface area contributed by atoms with E-state index in [-0.39, 0.29) is 30.5 Å². The predicted molar refractivity (Wildman–Crippen MR) is 133 cm³/mol. The number of aromatic nitrogens is 1. The van der Waals surface area contributed by atoms with Crippen LogP contribution in [0.3, 0.4) is 0 Å². The summed E-state index contributed by atoms with van der Waals surface area (Å²) in [5.41, 5.74) is 1.20. The van der Waals surface area contributed by atoms with Gasteiger partial charge in [-0.15, -0.1) is 0 Å². The van der Waals surface area contributed by atoms with Crippen LogP contribution in [-0.4, -0.2) is 66.6 Å². The van der Waals surface area contributed by atoms with Crippen LogP contribution in [0.2, 0.25) is 0 Å². The second-order valence-electron chi connectivity index (χ2n) is 8.18. The van der Waals surface area contributed by atoms with Crippen molar-refractivity contribution in [2.24, 2.45) is 0 Å². The number of carbonyl (C=O) groups is 2. The Morgan fingerprint density at radius 3 is 2.62 bits per heavy atom. The van der Waals surface area contributed by atoms with Crippen LogP contribution < -0.4 is 10.6 Å². The molecule has 0 spiro atoms. The first-order valence-electron chi connectivity index (χ1n) is 11.8. The Morgan fingerprint density at radius 2 is 1.97 bits per heavy atom. The molecule has 0 unspecified atom stereocenters. The summed E-state index contributed by atoms with van der Waals surface area (Å²) in [5, 5.41) is 25.5. The third-order valence-corrected chi connectivity index (χ3v) is 5.57. The average Bonchev–Trinajstić information content (AvgIpc) is 2.93. The lowest BCUT2D eigenvalue weighted by atomic mass is 9.92. The Balaban J connectivity index is 1.61. The maximum Gasteiger partial charge on any atom is 0.337 e. The Labute approximate surface area is 213 Å². The van der Waals surface area contributed by atoms with Crippen LogP contribution in [0.5, 0.6) is 0 Å². The van der Waals surface area contributed by atoms with Crippen molar-refractivity contribution in [1.29, 1.82) is 0 Å². The molecule has 0 fully saturated rings. The number of unbranched alkanes of at least 4 members (excludes halogenated alkanes) is 1. The molecule has 2 atom stereocenters. The number of benzene rings is 1. The number of nitro groups is 1. The number of hydrogen-bond donors (Lipinski definition) is 3. The fraction of sp³-hybridized carbons (Fsp3) is 0.400. The van der Waals surface area contributed by atoms with Gasteiger partial charge in [-0.1, -0.05) is 12.1 Å². The second-order valence-corrected chi connectivity index (χ2v) is 8.18. The number of allylic oxidation sites excluding steroid dienone is 1. The number of esters is 1. The van der Waals surface area contributed by atoms with Crippen molar-refractivity contribution in [1.82, 2.24) is 10.3 Å². The SMILES string of the molecule is COC(=O)c1ccc([C@H]2C=C(C(=O)NCCNc3ccc([N+](=O)[O-])cn3)O[C@@H](OCCCCO)C2)cc1. The number of aliphatic hydroxyl groups excluding tert-OH is 1. The molecule has 1 amide bonds. The molecule has 0 bridgehead atoms. The molecule has 198 valence electrons. The van der Waals surface area contributed by atoms with E-state index in [0.717, 1.165) is 11.8 Å². The summed E-state index contributed by atoms with van der Waals surface area (Å²) >= 11 is 0. The van der Waals surface area contributed by atoms with Crippen LogP contribution >= 0.6 is 0 Å². The van der Waals surface area contributed by atoms with Crippen LogP contribution in [-0.2, 0) is 19.0 Å². The number of pyridine rings is 1. The lowest BCUT2D eigenvalue weighted by molar-refractivity contribution is -0.385. The topological polar surface area (TPSA) is 162 Å². The molecule has 12 heteroatoms. The first-order valence-corrected chi connectivity index (χ1v) is 11.8. The summed E-state index contributed by atoms with van der Waals surface area (Å²) in [5.74, 6) is -0.477. The number of nitrogens with zero attached hydrogens (tertiary/aromatic N) is 2. The molecule has 2 heterocycles. The molecule has 0 aliphatic carbocycles. The second kappa shape index (κ2) is 13.9. The summed E-state index contributed by atoms with van der Waals surface area (Å²) in [4.78, 5) is 38.7. The molecule has 3 rings (SSSR count). The predicted octanol–water partition coefficient (Wildman–Crippen LogP) is 2.51. The van der Waals surface area contributed by atoms with Crippen LogP contribution in [0.15, 0.2) is 54.4 Å². The molecule has 1 aromatic carbocycles. The molecule has 0 saturated heterocycles. The maximum atomic E-state index is 12.8. The van der Waals surface area contributed by atoms with Crippen molar-refractivity contribution in [3.05, 3.63) is 75.7 Å². The van der Waals surface area contributed by atoms with Gasteiger partial charge in [0.15, 0.2) is 5.76 Å². The first-order chi connectivity index (χ1) is 17.9. The van der Waals surface area contributed by atoms with Crippen molar-refractivity contribution < 1.29 is 33.8 Å². The molecule has 1 aromatic heterocycles. The minimum absolute atomic E-state index is 0.0705. The smallest absolute Gasteiger partial charge is 0.337 e. The number of amides is 1. The minimum atomic E-state index is -0.655. The molecule has 37 heavy (non-hydrogen) atoms. The molecular formula is C25H30N4O8. The molecule has 2 aromatic rings. The number of nitrogens with one attached hydrogen (secondary N) is 2. The standard InChI is InChI=1S/C25H30N4O8/c1-35-25(32)18-6-4-17(5-7-18)19-14-21(37-23(15-19)36-13-3-2-12-30)24(31)27-11-10-26-22-9-8-20(16-28-22)29(33)34/h4-9,14,16,19,23,30H,2-3,10-13,15H2,1H3,(H,26,28)(H,27,31)/t19-,23+/m0/s1. The molecule has 0 saturated carbocycles. The summed E-state index contributed by atoms with van der Waals surface area (Å²) in [6.07, 6.45) is 3.95. The van der Waals surface area contributed by atoms with E-state index in [9.17, 15) is 19.7 Å². The van der Waals surface area contributed by atoms with E-state index in [1.165, 1.54) is 19.2 Å². The van der Waals surface area contributed by atoms with Gasteiger partial charge in [0, 0.05) is 38.1 Å². The summed E-state index contributed by atoms with van der Waals surface area (Å²) in [6.45, 7) is 1.03. The highest BCUT2D eigenvalue weighted by Crippen LogP contribution is 2.32. The zero-order chi connectivity index (χ0) is 26.6. The van der Waals surface area contributed by atoms with Gasteiger partial charge >= 0.3 is 5.97 Å². The summed E-state index contributed by atoms with van der Waals surface area (Å²) < 4.78 is 16.4. The largest absolute Gasteiger partial charge is 0.465 e. The van der Waals surface area contributed by atoms with E-state index in [4.69, 9.17) is 19.3 Å². The third-order valence-electron chi connectivity index (χ3n) is 5.57. The lowest BCUT2D eigenvalue weighted by Crippen LogP contribution is -2.35. The monoisotopic (exact) mass is 514 g/mol. The van der Waals surface area contributed by atoms with Gasteiger partial charge in [-0.05, 0) is 42.7 Å². The van der Waals surface area contributed by atoms with Crippen molar-refractivity contribution >= 4 is 23.4 Å². The molecule has 1 aliphatic heterocycles. The van der Waals surface area contributed by atoms with Crippen molar-refractivity contribution in [3.63, 3.8) is 0 Å². The summed E-state index contributed by atoms with van der Waals surface area (Å²) in [7, 11) is 1.32. The van der Waals surface area contributed by atoms with E-state index < -0.39 is 23.1 Å². The van der Waals surface area contributed by atoms with E-state index in [1.807, 2.05) is 0 Å². The van der Waals surface area contributed by atoms with Gasteiger partial charge in [-0.2, -0.15) is 0 Å². The third kappa shape index (κ3) is 8.26. The van der Waals surface area contributed by atoms with Gasteiger partial charge in [0.2, 0.25) is 6.29 Å². The molecular weight excluding hydrogens is 484 g/mol. The van der Waals surface area contributed by atoms with Gasteiger partial charge in [0.05, 0.1) is 24.2 Å². The summed E-state index contributed by atoms with van der Waals surface area (Å²) in [6, 6.07) is 9.77. The number of hydrogen-bond acceptors (Lipinski definition) is 10. The Bertz CT molecular complexity index is 1090. The van der Waals surface area contributed by atoms with Crippen molar-refractivity contribution in [2.75, 3.05) is 38.7 Å². The fourth-order valence-corrected chi connectivity index (χ4v) is 3.62. The van der Waals surface area contributed by atoms with E-state index >= 15 is 0 Å². The fourth-order valence-electron chi connectivity index (χ4n) is 3.62. The van der Waals surface area contributed by atoms with Gasteiger partial charge in [0.25, 0.3) is 11.6 Å². The van der Waals surface area contributed by atoms with E-state index in [1.54, 1.807) is 30.3 Å². The minimum Gasteiger partial charge on any atom is -0.465 e. The normalized spacial score (nSPS) is 16.8. The zero-order valence-corrected chi connectivity index (χ0v) is 20.4. The van der Waals surface area contributed by atoms with Gasteiger partial charge in [0.1, 0.15) is 12.0 Å². The van der Waals surface area contributed by atoms with E-state index in [0.29, 0.717) is 43.8 Å². The van der Waals surface area contributed by atoms with Crippen molar-refractivity contribution in [3.8, 4) is 0 Å². The van der Waals surface area contributed by atoms with E-state index in [2.05, 4.69) is 15.6 Å². The quantitative estimate of drug-likeness (QED) is 0.157. The van der Waals surface area contributed by atoms with Crippen molar-refractivity contribution in [2.45, 2.75) is 31.5 Å². The van der Waals surface area contributed by atoms with Crippen LogP contribution in [0.4, 0.5) is 11.5 Å². The lowest BCUT2D eigenvalue weighted by Gasteiger charge is -2.29. The highest BCUT2D eigenvalue weighted by molar-refractivity contribution is 5.92. The average molecular weight is 515 g/mol. The number of carbonyl (C=O) groups excluding carboxylic acids is 2. The Morgan fingerprint density at radius 1 is 1.19 bits per heavy atom. The van der Waals surface area contributed by atoms with Crippen LogP contribution in [0.1, 0.15) is 41.1 Å². The number of anilines is 1. The van der Waals surface area contributed by atoms with Crippen LogP contribution in [0, 0.1) is 10.1 Å². The number of aliphatic hydroxyl groups is 1. The van der Waals surface area contributed by atoms with Gasteiger partial charge in [-0.3, -0.25) is 14.9 Å². The number of ether oxygens (including phenoxy) is 3. The first kappa shape index (κ1) is 27.6. The molecule has 1 aliphatic rings. The van der Waals surface area contributed by atoms with Gasteiger partial charge in [-0.25, -0.2) is 9.78 Å². The maximum absolute atomic E-state index is 12.8. The molecule has 3 N–H and O–H groups in total. The van der Waals surface area contributed by atoms with Crippen LogP contribution in [0.25, 0.3) is 0 Å². The Hall–Kier alpha value is -4.03.